The number of hydrogen-bond donors (Lipinski definition) is 3. The van der Waals surface area contributed by atoms with Crippen LogP contribution < -0.4 is 16.0 Å². The van der Waals surface area contributed by atoms with Gasteiger partial charge in [-0.15, -0.1) is 21.5 Å². The summed E-state index contributed by atoms with van der Waals surface area (Å²) in [6.45, 7) is 5.88. The number of ketones is 1. The van der Waals surface area contributed by atoms with Crippen LogP contribution in [0, 0.1) is 20.8 Å². The first-order valence-electron chi connectivity index (χ1n) is 17.6. The Balaban J connectivity index is 0.945. The number of Topliss-reactive ketones (excluding diaryl/α,β-unsaturated/α-hetero) is 1. The molecule has 7 rings (SSSR count). The van der Waals surface area contributed by atoms with Crippen molar-refractivity contribution in [2.24, 2.45) is 4.99 Å². The third kappa shape index (κ3) is 7.20. The normalized spacial score (nSPS) is 17.6. The molecule has 54 heavy (non-hydrogen) atoms. The van der Waals surface area contributed by atoms with Crippen LogP contribution in [0.3, 0.4) is 0 Å². The number of aromatic nitrogens is 3. The maximum absolute atomic E-state index is 13.3. The fourth-order valence-corrected chi connectivity index (χ4v) is 8.37. The van der Waals surface area contributed by atoms with Crippen molar-refractivity contribution in [1.82, 2.24) is 30.3 Å². The van der Waals surface area contributed by atoms with Gasteiger partial charge in [0.05, 0.1) is 12.3 Å². The van der Waals surface area contributed by atoms with Gasteiger partial charge in [-0.1, -0.05) is 29.8 Å². The van der Waals surface area contributed by atoms with Crippen molar-refractivity contribution < 1.29 is 28.8 Å². The smallest absolute Gasteiger partial charge is 0.255 e. The van der Waals surface area contributed by atoms with Crippen LogP contribution in [0.5, 0.6) is 0 Å². The molecule has 0 aliphatic carbocycles. The quantitative estimate of drug-likeness (QED) is 0.187. The summed E-state index contributed by atoms with van der Waals surface area (Å²) in [5.74, 6) is -0.965. The molecule has 3 aliphatic rings. The van der Waals surface area contributed by atoms with Gasteiger partial charge < -0.3 is 15.5 Å². The van der Waals surface area contributed by atoms with Crippen molar-refractivity contribution >= 4 is 69.7 Å². The van der Waals surface area contributed by atoms with E-state index >= 15 is 0 Å². The molecule has 4 aromatic rings. The van der Waals surface area contributed by atoms with E-state index in [2.05, 4.69) is 40.0 Å². The van der Waals surface area contributed by atoms with Gasteiger partial charge >= 0.3 is 0 Å². The number of hydrogen-bond acceptors (Lipinski definition) is 10. The summed E-state index contributed by atoms with van der Waals surface area (Å²) in [6, 6.07) is 11.0. The SMILES string of the molecule is Cc1sc2c(c1C)C(c1ccc(Cl)cc1)=N[C@@H](CC(=O)CNC(=O)CCCC(=O)Nc1cccc3c1CN(C1CCC(=O)NC1=O)C3=O)c1nnc(C)n1-2. The molecule has 278 valence electrons. The van der Waals surface area contributed by atoms with E-state index in [0.717, 1.165) is 32.3 Å². The second-order valence-corrected chi connectivity index (χ2v) is 15.2. The Morgan fingerprint density at radius 3 is 2.52 bits per heavy atom. The number of nitrogens with zero attached hydrogens (tertiary/aromatic N) is 5. The Labute approximate surface area is 319 Å². The van der Waals surface area contributed by atoms with Crippen molar-refractivity contribution in [2.45, 2.75) is 77.9 Å². The highest BCUT2D eigenvalue weighted by Gasteiger charge is 2.40. The van der Waals surface area contributed by atoms with Crippen LogP contribution >= 0.6 is 22.9 Å². The van der Waals surface area contributed by atoms with E-state index in [1.54, 1.807) is 41.7 Å². The molecule has 3 aliphatic heterocycles. The summed E-state index contributed by atoms with van der Waals surface area (Å²) in [5, 5.41) is 18.1. The molecule has 0 bridgehead atoms. The van der Waals surface area contributed by atoms with Gasteiger partial charge in [-0.3, -0.25) is 43.6 Å². The molecule has 0 spiro atoms. The zero-order valence-electron chi connectivity index (χ0n) is 29.8. The van der Waals surface area contributed by atoms with E-state index in [0.29, 0.717) is 33.5 Å². The number of imide groups is 1. The Kier molecular flexibility index (Phi) is 10.3. The van der Waals surface area contributed by atoms with Crippen molar-refractivity contribution in [1.29, 1.82) is 0 Å². The van der Waals surface area contributed by atoms with E-state index in [9.17, 15) is 28.8 Å². The third-order valence-electron chi connectivity index (χ3n) is 9.92. The second kappa shape index (κ2) is 15.1. The first-order valence-corrected chi connectivity index (χ1v) is 18.8. The summed E-state index contributed by atoms with van der Waals surface area (Å²) < 4.78 is 1.96. The van der Waals surface area contributed by atoms with Crippen LogP contribution in [-0.2, 0) is 30.5 Å². The number of piperidine rings is 1. The Morgan fingerprint density at radius 2 is 1.76 bits per heavy atom. The molecule has 5 amide bonds. The third-order valence-corrected chi connectivity index (χ3v) is 11.4. The first kappa shape index (κ1) is 36.8. The minimum absolute atomic E-state index is 0.0179. The molecule has 2 aromatic carbocycles. The average Bonchev–Trinajstić information content (AvgIpc) is 3.75. The molecule has 1 fully saturated rings. The van der Waals surface area contributed by atoms with Crippen LogP contribution in [0.1, 0.15) is 93.7 Å². The predicted octanol–water partition coefficient (Wildman–Crippen LogP) is 4.44. The number of benzene rings is 2. The lowest BCUT2D eigenvalue weighted by Crippen LogP contribution is -2.52. The zero-order valence-corrected chi connectivity index (χ0v) is 31.4. The summed E-state index contributed by atoms with van der Waals surface area (Å²) in [6.07, 6.45) is 0.626. The highest BCUT2D eigenvalue weighted by atomic mass is 35.5. The summed E-state index contributed by atoms with van der Waals surface area (Å²) in [5.41, 5.74) is 5.03. The number of aliphatic imine (C=N–C) groups is 1. The summed E-state index contributed by atoms with van der Waals surface area (Å²) in [4.78, 5) is 83.7. The first-order chi connectivity index (χ1) is 25.9. The summed E-state index contributed by atoms with van der Waals surface area (Å²) >= 11 is 7.82. The molecule has 1 saturated heterocycles. The number of fused-ring (bicyclic) bond motifs is 4. The van der Waals surface area contributed by atoms with Crippen LogP contribution in [0.4, 0.5) is 5.69 Å². The number of aryl methyl sites for hydroxylation is 2. The predicted molar refractivity (Wildman–Crippen MR) is 201 cm³/mol. The van der Waals surface area contributed by atoms with E-state index in [1.165, 1.54) is 4.90 Å². The number of carbonyl (C=O) groups is 6. The second-order valence-electron chi connectivity index (χ2n) is 13.6. The zero-order chi connectivity index (χ0) is 38.3. The molecule has 1 unspecified atom stereocenters. The summed E-state index contributed by atoms with van der Waals surface area (Å²) in [7, 11) is 0. The molecule has 2 atom stereocenters. The Bertz CT molecular complexity index is 2260. The maximum Gasteiger partial charge on any atom is 0.255 e. The number of halogens is 1. The topological polar surface area (TPSA) is 185 Å². The van der Waals surface area contributed by atoms with Gasteiger partial charge in [-0.25, -0.2) is 0 Å². The fraction of sp³-hybridized carbons (Fsp3) is 0.342. The average molecular weight is 769 g/mol. The number of nitrogens with one attached hydrogen (secondary N) is 3. The fourth-order valence-electron chi connectivity index (χ4n) is 7.03. The maximum atomic E-state index is 13.3. The minimum atomic E-state index is -0.768. The lowest BCUT2D eigenvalue weighted by atomic mass is 9.99. The highest BCUT2D eigenvalue weighted by molar-refractivity contribution is 7.15. The standard InChI is InChI=1S/C38H37ClN8O6S/c1-19-20(2)54-38-33(19)34(22-10-12-23(39)13-11-22)42-28(35-45-44-21(3)47(35)38)16-24(48)17-40-30(49)8-5-9-31(50)41-27-7-4-6-25-26(27)18-46(37(25)53)29-14-15-32(51)43-36(29)52/h4,6-7,10-13,28-29H,5,8-9,14-18H2,1-3H3,(H,40,49)(H,41,50)(H,43,51,52)/t28-,29?/m0/s1. The Hall–Kier alpha value is -5.54. The molecule has 2 aromatic heterocycles. The molecular formula is C38H37ClN8O6S. The van der Waals surface area contributed by atoms with Gasteiger partial charge in [0.25, 0.3) is 5.91 Å². The van der Waals surface area contributed by atoms with Crippen molar-refractivity contribution in [3.63, 3.8) is 0 Å². The molecule has 0 radical (unpaired) electrons. The number of rotatable bonds is 11. The van der Waals surface area contributed by atoms with Crippen molar-refractivity contribution in [3.8, 4) is 5.00 Å². The molecule has 14 nitrogen and oxygen atoms in total. The minimum Gasteiger partial charge on any atom is -0.349 e. The lowest BCUT2D eigenvalue weighted by Gasteiger charge is -2.29. The molecular weight excluding hydrogens is 732 g/mol. The van der Waals surface area contributed by atoms with E-state index in [4.69, 9.17) is 16.6 Å². The van der Waals surface area contributed by atoms with Gasteiger partial charge in [0.15, 0.2) is 11.6 Å². The van der Waals surface area contributed by atoms with E-state index < -0.39 is 18.0 Å². The van der Waals surface area contributed by atoms with Gasteiger partial charge in [0.1, 0.15) is 22.9 Å². The number of anilines is 1. The molecule has 16 heteroatoms. The van der Waals surface area contributed by atoms with Crippen LogP contribution in [0.2, 0.25) is 5.02 Å². The van der Waals surface area contributed by atoms with Gasteiger partial charge in [0.2, 0.25) is 23.6 Å². The van der Waals surface area contributed by atoms with Crippen molar-refractivity contribution in [3.05, 3.63) is 91.8 Å². The van der Waals surface area contributed by atoms with Crippen LogP contribution in [-0.4, -0.2) is 73.3 Å². The number of carbonyl (C=O) groups excluding carboxylic acids is 6. The lowest BCUT2D eigenvalue weighted by molar-refractivity contribution is -0.137. The van der Waals surface area contributed by atoms with E-state index in [-0.39, 0.29) is 81.0 Å². The van der Waals surface area contributed by atoms with Crippen molar-refractivity contribution in [2.75, 3.05) is 11.9 Å². The van der Waals surface area contributed by atoms with Crippen LogP contribution in [0.25, 0.3) is 5.00 Å². The monoisotopic (exact) mass is 768 g/mol. The molecule has 0 saturated carbocycles. The largest absolute Gasteiger partial charge is 0.349 e. The van der Waals surface area contributed by atoms with E-state index in [1.807, 2.05) is 23.6 Å². The number of amides is 5. The van der Waals surface area contributed by atoms with Gasteiger partial charge in [0, 0.05) is 70.1 Å². The Morgan fingerprint density at radius 1 is 1.00 bits per heavy atom. The molecule has 3 N–H and O–H groups in total. The highest BCUT2D eigenvalue weighted by Crippen LogP contribution is 2.40. The van der Waals surface area contributed by atoms with Gasteiger partial charge in [-0.2, -0.15) is 0 Å². The molecule has 5 heterocycles. The van der Waals surface area contributed by atoms with Gasteiger partial charge in [-0.05, 0) is 63.4 Å². The number of thiophene rings is 1. The van der Waals surface area contributed by atoms with Crippen LogP contribution in [0.15, 0.2) is 47.5 Å².